The third-order valence-electron chi connectivity index (χ3n) is 3.58. The van der Waals surface area contributed by atoms with Crippen LogP contribution in [0.1, 0.15) is 16.2 Å². The van der Waals surface area contributed by atoms with E-state index in [9.17, 15) is 4.79 Å². The van der Waals surface area contributed by atoms with Crippen LogP contribution in [-0.4, -0.2) is 31.2 Å². The van der Waals surface area contributed by atoms with Gasteiger partial charge < -0.3 is 9.84 Å². The number of halogens is 1. The molecule has 0 aliphatic heterocycles. The number of anilines is 2. The van der Waals surface area contributed by atoms with Gasteiger partial charge in [-0.15, -0.1) is 10.2 Å². The zero-order valence-corrected chi connectivity index (χ0v) is 15.7. The van der Waals surface area contributed by atoms with Crippen LogP contribution in [0.5, 0.6) is 0 Å². The van der Waals surface area contributed by atoms with Gasteiger partial charge in [-0.2, -0.15) is 4.98 Å². The highest BCUT2D eigenvalue weighted by atomic mass is 35.5. The fourth-order valence-corrected chi connectivity index (χ4v) is 2.90. The molecule has 0 spiro atoms. The lowest BCUT2D eigenvalue weighted by Gasteiger charge is -2.04. The topological polar surface area (TPSA) is 119 Å². The van der Waals surface area contributed by atoms with E-state index in [1.165, 1.54) is 23.0 Å². The standard InChI is InChI=1S/C17H12ClN7O2S/c18-12-3-1-2-10(6-12)15-22-14(27-25-15)8-20-13-5-4-11(7-19-13)16(26)23-17-24-21-9-28-17/h1-7,9H,8H2,(H,19,20)(H,23,24,26). The van der Waals surface area contributed by atoms with E-state index in [4.69, 9.17) is 16.1 Å². The van der Waals surface area contributed by atoms with Crippen molar-refractivity contribution >= 4 is 39.8 Å². The van der Waals surface area contributed by atoms with E-state index in [0.717, 1.165) is 5.56 Å². The number of rotatable bonds is 6. The summed E-state index contributed by atoms with van der Waals surface area (Å²) in [5, 5.41) is 18.1. The maximum absolute atomic E-state index is 12.1. The van der Waals surface area contributed by atoms with E-state index < -0.39 is 0 Å². The lowest BCUT2D eigenvalue weighted by molar-refractivity contribution is 0.102. The van der Waals surface area contributed by atoms with Crippen molar-refractivity contribution in [2.24, 2.45) is 0 Å². The third kappa shape index (κ3) is 4.30. The number of pyridine rings is 1. The van der Waals surface area contributed by atoms with Crippen LogP contribution in [-0.2, 0) is 6.54 Å². The van der Waals surface area contributed by atoms with E-state index in [-0.39, 0.29) is 12.5 Å². The molecule has 0 unspecified atom stereocenters. The van der Waals surface area contributed by atoms with Crippen LogP contribution in [0.3, 0.4) is 0 Å². The number of amides is 1. The first-order valence-corrected chi connectivity index (χ1v) is 9.29. The molecule has 0 aliphatic rings. The minimum absolute atomic E-state index is 0.289. The molecule has 1 amide bonds. The van der Waals surface area contributed by atoms with Gasteiger partial charge in [-0.1, -0.05) is 40.2 Å². The van der Waals surface area contributed by atoms with Crippen molar-refractivity contribution in [2.75, 3.05) is 10.6 Å². The fraction of sp³-hybridized carbons (Fsp3) is 0.0588. The number of nitrogens with one attached hydrogen (secondary N) is 2. The Morgan fingerprint density at radius 1 is 1.25 bits per heavy atom. The Morgan fingerprint density at radius 3 is 2.93 bits per heavy atom. The minimum atomic E-state index is -0.307. The zero-order chi connectivity index (χ0) is 19.3. The molecule has 0 saturated heterocycles. The maximum atomic E-state index is 12.1. The van der Waals surface area contributed by atoms with Crippen molar-refractivity contribution in [3.8, 4) is 11.4 Å². The summed E-state index contributed by atoms with van der Waals surface area (Å²) in [6, 6.07) is 10.5. The van der Waals surface area contributed by atoms with Gasteiger partial charge in [-0.3, -0.25) is 10.1 Å². The Morgan fingerprint density at radius 2 is 2.18 bits per heavy atom. The van der Waals surface area contributed by atoms with E-state index >= 15 is 0 Å². The Kier molecular flexibility index (Phi) is 5.22. The highest BCUT2D eigenvalue weighted by Crippen LogP contribution is 2.20. The van der Waals surface area contributed by atoms with Crippen LogP contribution in [0.25, 0.3) is 11.4 Å². The maximum Gasteiger partial charge on any atom is 0.259 e. The van der Waals surface area contributed by atoms with Gasteiger partial charge in [0, 0.05) is 16.8 Å². The van der Waals surface area contributed by atoms with E-state index in [0.29, 0.717) is 33.3 Å². The summed E-state index contributed by atoms with van der Waals surface area (Å²) in [5.41, 5.74) is 2.71. The first kappa shape index (κ1) is 18.0. The van der Waals surface area contributed by atoms with Crippen molar-refractivity contribution in [2.45, 2.75) is 6.54 Å². The predicted molar refractivity (Wildman–Crippen MR) is 104 cm³/mol. The van der Waals surface area contributed by atoms with Crippen molar-refractivity contribution in [3.63, 3.8) is 0 Å². The van der Waals surface area contributed by atoms with Crippen molar-refractivity contribution in [3.05, 3.63) is 64.6 Å². The van der Waals surface area contributed by atoms with Crippen LogP contribution >= 0.6 is 22.9 Å². The van der Waals surface area contributed by atoms with Gasteiger partial charge in [0.25, 0.3) is 5.91 Å². The minimum Gasteiger partial charge on any atom is -0.361 e. The van der Waals surface area contributed by atoms with Crippen LogP contribution in [0, 0.1) is 0 Å². The first-order valence-electron chi connectivity index (χ1n) is 8.03. The Bertz CT molecular complexity index is 1080. The Hall–Kier alpha value is -3.37. The lowest BCUT2D eigenvalue weighted by atomic mass is 10.2. The molecule has 9 nitrogen and oxygen atoms in total. The summed E-state index contributed by atoms with van der Waals surface area (Å²) >= 11 is 7.21. The number of hydrogen-bond acceptors (Lipinski definition) is 9. The largest absolute Gasteiger partial charge is 0.361 e. The molecule has 0 atom stereocenters. The van der Waals surface area contributed by atoms with Crippen LogP contribution < -0.4 is 10.6 Å². The molecule has 28 heavy (non-hydrogen) atoms. The van der Waals surface area contributed by atoms with Gasteiger partial charge in [0.1, 0.15) is 11.3 Å². The quantitative estimate of drug-likeness (QED) is 0.493. The summed E-state index contributed by atoms with van der Waals surface area (Å²) in [5.74, 6) is 1.11. The average Bonchev–Trinajstić information content (AvgIpc) is 3.39. The predicted octanol–water partition coefficient (Wildman–Crippen LogP) is 3.50. The summed E-state index contributed by atoms with van der Waals surface area (Å²) in [7, 11) is 0. The Balaban J connectivity index is 1.36. The molecule has 3 heterocycles. The molecule has 2 N–H and O–H groups in total. The second kappa shape index (κ2) is 8.11. The average molecular weight is 414 g/mol. The molecular formula is C17H12ClN7O2S. The molecule has 11 heteroatoms. The van der Waals surface area contributed by atoms with Crippen LogP contribution in [0.2, 0.25) is 5.02 Å². The molecule has 140 valence electrons. The first-order chi connectivity index (χ1) is 13.7. The molecule has 1 aromatic carbocycles. The van der Waals surface area contributed by atoms with E-state index in [1.54, 1.807) is 24.3 Å². The monoisotopic (exact) mass is 413 g/mol. The van der Waals surface area contributed by atoms with E-state index in [2.05, 4.69) is 36.0 Å². The van der Waals surface area contributed by atoms with E-state index in [1.807, 2.05) is 12.1 Å². The SMILES string of the molecule is O=C(Nc1nncs1)c1ccc(NCc2nc(-c3cccc(Cl)c3)no2)nc1. The summed E-state index contributed by atoms with van der Waals surface area (Å²) in [4.78, 5) is 20.6. The number of carbonyl (C=O) groups excluding carboxylic acids is 1. The number of hydrogen-bond donors (Lipinski definition) is 2. The number of benzene rings is 1. The van der Waals surface area contributed by atoms with Gasteiger partial charge in [-0.25, -0.2) is 4.98 Å². The lowest BCUT2D eigenvalue weighted by Crippen LogP contribution is -2.12. The number of aromatic nitrogens is 5. The molecule has 0 fully saturated rings. The molecule has 0 radical (unpaired) electrons. The second-order valence-electron chi connectivity index (χ2n) is 5.51. The fourth-order valence-electron chi connectivity index (χ4n) is 2.27. The molecule has 0 aliphatic carbocycles. The van der Waals surface area contributed by atoms with Gasteiger partial charge in [0.2, 0.25) is 16.8 Å². The summed E-state index contributed by atoms with van der Waals surface area (Å²) in [6.07, 6.45) is 1.46. The molecule has 4 aromatic rings. The molecule has 0 saturated carbocycles. The normalized spacial score (nSPS) is 10.6. The molecular weight excluding hydrogens is 402 g/mol. The second-order valence-corrected chi connectivity index (χ2v) is 6.78. The summed E-state index contributed by atoms with van der Waals surface area (Å²) < 4.78 is 5.23. The molecule has 0 bridgehead atoms. The van der Waals surface area contributed by atoms with Crippen LogP contribution in [0.15, 0.2) is 52.6 Å². The van der Waals surface area contributed by atoms with Crippen molar-refractivity contribution in [1.29, 1.82) is 0 Å². The highest BCUT2D eigenvalue weighted by Gasteiger charge is 2.11. The number of carbonyl (C=O) groups is 1. The van der Waals surface area contributed by atoms with Crippen LogP contribution in [0.4, 0.5) is 10.9 Å². The van der Waals surface area contributed by atoms with Gasteiger partial charge in [0.05, 0.1) is 12.1 Å². The van der Waals surface area contributed by atoms with Gasteiger partial charge >= 0.3 is 0 Å². The van der Waals surface area contributed by atoms with Gasteiger partial charge in [-0.05, 0) is 24.3 Å². The highest BCUT2D eigenvalue weighted by molar-refractivity contribution is 7.13. The number of nitrogens with zero attached hydrogens (tertiary/aromatic N) is 5. The molecule has 3 aromatic heterocycles. The molecule has 4 rings (SSSR count). The van der Waals surface area contributed by atoms with Gasteiger partial charge in [0.15, 0.2) is 0 Å². The summed E-state index contributed by atoms with van der Waals surface area (Å²) in [6.45, 7) is 0.289. The van der Waals surface area contributed by atoms with Crippen molar-refractivity contribution in [1.82, 2.24) is 25.3 Å². The zero-order valence-electron chi connectivity index (χ0n) is 14.2. The third-order valence-corrected chi connectivity index (χ3v) is 4.42. The smallest absolute Gasteiger partial charge is 0.259 e. The van der Waals surface area contributed by atoms with Crippen molar-refractivity contribution < 1.29 is 9.32 Å². The Labute approximate surface area is 167 Å².